The fourth-order valence-electron chi connectivity index (χ4n) is 0.674. The molecule has 0 spiro atoms. The first-order valence-corrected chi connectivity index (χ1v) is 4.57. The highest BCUT2D eigenvalue weighted by molar-refractivity contribution is 7.98. The molecule has 0 unspecified atom stereocenters. The molecule has 64 valence electrons. The van der Waals surface area contributed by atoms with Crippen molar-refractivity contribution in [3.05, 3.63) is 29.8 Å². The van der Waals surface area contributed by atoms with Gasteiger partial charge in [-0.05, 0) is 25.3 Å². The number of hydrogen-bond donors (Lipinski definition) is 0. The Hall–Kier alpha value is -1.05. The van der Waals surface area contributed by atoms with Gasteiger partial charge in [-0.3, -0.25) is 0 Å². The standard InChI is InChI=1S/C8H10S.CO2/c1-7-3-5-8(9-2)6-4-7;2-1-3/h3-6H,1-2H3;. The van der Waals surface area contributed by atoms with Crippen molar-refractivity contribution in [2.75, 3.05) is 6.26 Å². The zero-order chi connectivity index (χ0) is 9.40. The van der Waals surface area contributed by atoms with Gasteiger partial charge in [0.25, 0.3) is 0 Å². The summed E-state index contributed by atoms with van der Waals surface area (Å²) in [5.74, 6) is 0. The van der Waals surface area contributed by atoms with E-state index in [4.69, 9.17) is 9.59 Å². The van der Waals surface area contributed by atoms with Crippen LogP contribution in [0.25, 0.3) is 0 Å². The minimum Gasteiger partial charge on any atom is -0.186 e. The molecule has 0 aliphatic carbocycles. The maximum atomic E-state index is 8.12. The maximum absolute atomic E-state index is 8.12. The quantitative estimate of drug-likeness (QED) is 0.624. The van der Waals surface area contributed by atoms with E-state index >= 15 is 0 Å². The van der Waals surface area contributed by atoms with Gasteiger partial charge in [-0.1, -0.05) is 17.7 Å². The van der Waals surface area contributed by atoms with E-state index in [1.54, 1.807) is 11.8 Å². The van der Waals surface area contributed by atoms with E-state index in [1.807, 2.05) is 0 Å². The van der Waals surface area contributed by atoms with Crippen molar-refractivity contribution >= 4 is 17.9 Å². The van der Waals surface area contributed by atoms with E-state index in [1.165, 1.54) is 10.5 Å². The van der Waals surface area contributed by atoms with Crippen LogP contribution >= 0.6 is 11.8 Å². The highest BCUT2D eigenvalue weighted by Gasteiger charge is 1.85. The summed E-state index contributed by atoms with van der Waals surface area (Å²) < 4.78 is 0. The van der Waals surface area contributed by atoms with E-state index in [-0.39, 0.29) is 6.15 Å². The van der Waals surface area contributed by atoms with Crippen molar-refractivity contribution in [2.45, 2.75) is 11.8 Å². The molecule has 1 rings (SSSR count). The first-order valence-electron chi connectivity index (χ1n) is 3.34. The Balaban J connectivity index is 0.000000354. The lowest BCUT2D eigenvalue weighted by atomic mass is 10.2. The molecule has 12 heavy (non-hydrogen) atoms. The summed E-state index contributed by atoms with van der Waals surface area (Å²) in [7, 11) is 0. The molecule has 0 bridgehead atoms. The Morgan fingerprint density at radius 3 is 1.92 bits per heavy atom. The minimum absolute atomic E-state index is 0.250. The summed E-state index contributed by atoms with van der Waals surface area (Å²) in [6.45, 7) is 2.10. The Labute approximate surface area is 76.0 Å². The minimum atomic E-state index is 0.250. The molecule has 0 radical (unpaired) electrons. The second-order valence-corrected chi connectivity index (χ2v) is 2.98. The van der Waals surface area contributed by atoms with Crippen LogP contribution in [0.3, 0.4) is 0 Å². The van der Waals surface area contributed by atoms with E-state index in [0.717, 1.165) is 0 Å². The van der Waals surface area contributed by atoms with Crippen molar-refractivity contribution in [1.82, 2.24) is 0 Å². The van der Waals surface area contributed by atoms with Gasteiger partial charge in [0.05, 0.1) is 0 Å². The monoisotopic (exact) mass is 182 g/mol. The molecule has 3 heteroatoms. The molecular weight excluding hydrogens is 172 g/mol. The molecule has 0 aliphatic heterocycles. The first-order chi connectivity index (χ1) is 5.74. The van der Waals surface area contributed by atoms with Gasteiger partial charge in [0.2, 0.25) is 0 Å². The summed E-state index contributed by atoms with van der Waals surface area (Å²) in [4.78, 5) is 17.6. The van der Waals surface area contributed by atoms with Gasteiger partial charge in [0.15, 0.2) is 0 Å². The van der Waals surface area contributed by atoms with Gasteiger partial charge < -0.3 is 0 Å². The van der Waals surface area contributed by atoms with Crippen LogP contribution in [0.5, 0.6) is 0 Å². The summed E-state index contributed by atoms with van der Waals surface area (Å²) >= 11 is 1.78. The summed E-state index contributed by atoms with van der Waals surface area (Å²) in [6, 6.07) is 8.54. The predicted molar refractivity (Wildman–Crippen MR) is 48.0 cm³/mol. The smallest absolute Gasteiger partial charge is 0.186 e. The maximum Gasteiger partial charge on any atom is 0.373 e. The van der Waals surface area contributed by atoms with Crippen molar-refractivity contribution in [3.63, 3.8) is 0 Å². The first kappa shape index (κ1) is 11.0. The molecule has 0 saturated carbocycles. The fourth-order valence-corrected chi connectivity index (χ4v) is 1.08. The highest BCUT2D eigenvalue weighted by atomic mass is 32.2. The van der Waals surface area contributed by atoms with E-state index in [2.05, 4.69) is 37.4 Å². The van der Waals surface area contributed by atoms with Crippen molar-refractivity contribution in [2.24, 2.45) is 0 Å². The fraction of sp³-hybridized carbons (Fsp3) is 0.222. The number of carbonyl (C=O) groups excluding carboxylic acids is 2. The molecule has 0 saturated heterocycles. The van der Waals surface area contributed by atoms with Crippen LogP contribution in [0.2, 0.25) is 0 Å². The van der Waals surface area contributed by atoms with Crippen molar-refractivity contribution in [3.8, 4) is 0 Å². The van der Waals surface area contributed by atoms with Gasteiger partial charge in [-0.25, -0.2) is 0 Å². The number of rotatable bonds is 1. The second-order valence-electron chi connectivity index (χ2n) is 2.10. The third-order valence-corrected chi connectivity index (χ3v) is 2.00. The number of benzene rings is 1. The third kappa shape index (κ3) is 4.72. The number of aryl methyl sites for hydroxylation is 1. The Bertz CT molecular complexity index is 248. The largest absolute Gasteiger partial charge is 0.373 e. The van der Waals surface area contributed by atoms with Gasteiger partial charge >= 0.3 is 6.15 Å². The highest BCUT2D eigenvalue weighted by Crippen LogP contribution is 2.13. The molecule has 0 N–H and O–H groups in total. The molecule has 0 aliphatic rings. The van der Waals surface area contributed by atoms with Crippen LogP contribution in [0.1, 0.15) is 5.56 Å². The van der Waals surface area contributed by atoms with Gasteiger partial charge in [-0.2, -0.15) is 9.59 Å². The average Bonchev–Trinajstić information content (AvgIpc) is 2.07. The van der Waals surface area contributed by atoms with Crippen LogP contribution in [0.15, 0.2) is 29.2 Å². The van der Waals surface area contributed by atoms with E-state index in [0.29, 0.717) is 0 Å². The lowest BCUT2D eigenvalue weighted by Gasteiger charge is -1.93. The molecule has 0 fully saturated rings. The summed E-state index contributed by atoms with van der Waals surface area (Å²) in [6.07, 6.45) is 2.34. The van der Waals surface area contributed by atoms with Crippen LogP contribution in [-0.2, 0) is 9.59 Å². The molecule has 0 heterocycles. The lowest BCUT2D eigenvalue weighted by Crippen LogP contribution is -1.70. The molecule has 0 amide bonds. The molecule has 1 aromatic rings. The molecule has 1 aromatic carbocycles. The Morgan fingerprint density at radius 2 is 1.58 bits per heavy atom. The zero-order valence-electron chi connectivity index (χ0n) is 7.03. The molecule has 0 aromatic heterocycles. The van der Waals surface area contributed by atoms with Crippen molar-refractivity contribution < 1.29 is 9.59 Å². The second kappa shape index (κ2) is 6.65. The van der Waals surface area contributed by atoms with Crippen LogP contribution in [0.4, 0.5) is 0 Å². The normalized spacial score (nSPS) is 7.83. The average molecular weight is 182 g/mol. The number of thioether (sulfide) groups is 1. The Morgan fingerprint density at radius 1 is 1.17 bits per heavy atom. The molecule has 2 nitrogen and oxygen atoms in total. The summed E-state index contributed by atoms with van der Waals surface area (Å²) in [5, 5.41) is 0. The predicted octanol–water partition coefficient (Wildman–Crippen LogP) is 2.13. The SMILES string of the molecule is CSc1ccc(C)cc1.O=C=O. The molecular formula is C9H10O2S. The topological polar surface area (TPSA) is 34.1 Å². The van der Waals surface area contributed by atoms with Gasteiger partial charge in [0, 0.05) is 4.90 Å². The van der Waals surface area contributed by atoms with Crippen LogP contribution < -0.4 is 0 Å². The summed E-state index contributed by atoms with van der Waals surface area (Å²) in [5.41, 5.74) is 1.33. The van der Waals surface area contributed by atoms with Crippen LogP contribution in [-0.4, -0.2) is 12.4 Å². The number of hydrogen-bond acceptors (Lipinski definition) is 3. The van der Waals surface area contributed by atoms with E-state index < -0.39 is 0 Å². The van der Waals surface area contributed by atoms with Crippen molar-refractivity contribution in [1.29, 1.82) is 0 Å². The zero-order valence-corrected chi connectivity index (χ0v) is 7.85. The third-order valence-electron chi connectivity index (χ3n) is 1.26. The van der Waals surface area contributed by atoms with Crippen LogP contribution in [0, 0.1) is 6.92 Å². The molecule has 0 atom stereocenters. The van der Waals surface area contributed by atoms with E-state index in [9.17, 15) is 0 Å². The Kier molecular flexibility index (Phi) is 6.07. The van der Waals surface area contributed by atoms with Gasteiger partial charge in [0.1, 0.15) is 0 Å². The lowest BCUT2D eigenvalue weighted by molar-refractivity contribution is -0.191. The van der Waals surface area contributed by atoms with Gasteiger partial charge in [-0.15, -0.1) is 11.8 Å².